The van der Waals surface area contributed by atoms with E-state index in [2.05, 4.69) is 27.4 Å². The summed E-state index contributed by atoms with van der Waals surface area (Å²) in [6.45, 7) is 5.66. The SMILES string of the molecule is CCC1CCCCN1CCNC(=NC)NCCS(C)(=O)=O. The van der Waals surface area contributed by atoms with E-state index in [-0.39, 0.29) is 5.75 Å². The van der Waals surface area contributed by atoms with Gasteiger partial charge in [-0.1, -0.05) is 13.3 Å². The third-order valence-electron chi connectivity index (χ3n) is 3.90. The molecule has 1 rings (SSSR count). The number of nitrogens with one attached hydrogen (secondary N) is 2. The molecule has 1 saturated heterocycles. The number of likely N-dealkylation sites (tertiary alicyclic amines) is 1. The Labute approximate surface area is 129 Å². The molecule has 0 amide bonds. The lowest BCUT2D eigenvalue weighted by Gasteiger charge is -2.35. The number of hydrogen-bond acceptors (Lipinski definition) is 4. The lowest BCUT2D eigenvalue weighted by molar-refractivity contribution is 0.147. The van der Waals surface area contributed by atoms with E-state index in [4.69, 9.17) is 0 Å². The zero-order valence-corrected chi connectivity index (χ0v) is 14.4. The quantitative estimate of drug-likeness (QED) is 0.527. The molecule has 2 N–H and O–H groups in total. The summed E-state index contributed by atoms with van der Waals surface area (Å²) in [4.78, 5) is 6.65. The van der Waals surface area contributed by atoms with Crippen molar-refractivity contribution in [3.63, 3.8) is 0 Å². The third kappa shape index (κ3) is 7.66. The normalized spacial score (nSPS) is 21.3. The van der Waals surface area contributed by atoms with Crippen LogP contribution in [0.25, 0.3) is 0 Å². The molecule has 0 aliphatic carbocycles. The first-order chi connectivity index (χ1) is 9.96. The predicted molar refractivity (Wildman–Crippen MR) is 88.6 cm³/mol. The molecule has 1 aliphatic heterocycles. The van der Waals surface area contributed by atoms with Gasteiger partial charge < -0.3 is 10.6 Å². The molecule has 1 fully saturated rings. The number of piperidine rings is 1. The predicted octanol–water partition coefficient (Wildman–Crippen LogP) is 0.461. The smallest absolute Gasteiger partial charge is 0.191 e. The van der Waals surface area contributed by atoms with Crippen LogP contribution < -0.4 is 10.6 Å². The van der Waals surface area contributed by atoms with Crippen LogP contribution in [0, 0.1) is 0 Å². The molecule has 7 heteroatoms. The van der Waals surface area contributed by atoms with Gasteiger partial charge in [-0.25, -0.2) is 8.42 Å². The van der Waals surface area contributed by atoms with Gasteiger partial charge in [0.2, 0.25) is 0 Å². The minimum absolute atomic E-state index is 0.123. The van der Waals surface area contributed by atoms with Gasteiger partial charge in [0, 0.05) is 39.0 Å². The summed E-state index contributed by atoms with van der Waals surface area (Å²) < 4.78 is 22.2. The van der Waals surface area contributed by atoms with E-state index >= 15 is 0 Å². The molecule has 0 spiro atoms. The topological polar surface area (TPSA) is 73.8 Å². The number of sulfone groups is 1. The maximum atomic E-state index is 11.1. The first kappa shape index (κ1) is 18.2. The zero-order chi connectivity index (χ0) is 15.7. The highest BCUT2D eigenvalue weighted by atomic mass is 32.2. The Morgan fingerprint density at radius 1 is 1.29 bits per heavy atom. The highest BCUT2D eigenvalue weighted by Gasteiger charge is 2.19. The maximum Gasteiger partial charge on any atom is 0.191 e. The Hall–Kier alpha value is -0.820. The molecule has 0 bridgehead atoms. The number of guanidine groups is 1. The van der Waals surface area contributed by atoms with Gasteiger partial charge in [-0.2, -0.15) is 0 Å². The molecular weight excluding hydrogens is 288 g/mol. The maximum absolute atomic E-state index is 11.1. The van der Waals surface area contributed by atoms with Crippen LogP contribution in [-0.4, -0.2) is 70.6 Å². The van der Waals surface area contributed by atoms with Crippen LogP contribution in [0.2, 0.25) is 0 Å². The van der Waals surface area contributed by atoms with E-state index in [1.807, 2.05) is 0 Å². The fourth-order valence-corrected chi connectivity index (χ4v) is 3.18. The van der Waals surface area contributed by atoms with Crippen molar-refractivity contribution in [3.05, 3.63) is 0 Å². The van der Waals surface area contributed by atoms with E-state index in [0.717, 1.165) is 13.1 Å². The van der Waals surface area contributed by atoms with Crippen molar-refractivity contribution in [1.82, 2.24) is 15.5 Å². The molecule has 21 heavy (non-hydrogen) atoms. The van der Waals surface area contributed by atoms with Crippen molar-refractivity contribution in [1.29, 1.82) is 0 Å². The van der Waals surface area contributed by atoms with Gasteiger partial charge in [-0.05, 0) is 25.8 Å². The molecule has 0 radical (unpaired) electrons. The lowest BCUT2D eigenvalue weighted by Crippen LogP contribution is -2.46. The third-order valence-corrected chi connectivity index (χ3v) is 4.85. The van der Waals surface area contributed by atoms with Gasteiger partial charge >= 0.3 is 0 Å². The van der Waals surface area contributed by atoms with Gasteiger partial charge in [-0.3, -0.25) is 9.89 Å². The second-order valence-corrected chi connectivity index (χ2v) is 7.91. The zero-order valence-electron chi connectivity index (χ0n) is 13.6. The van der Waals surface area contributed by atoms with Crippen molar-refractivity contribution >= 4 is 15.8 Å². The van der Waals surface area contributed by atoms with E-state index in [0.29, 0.717) is 18.5 Å². The number of rotatable bonds is 7. The summed E-state index contributed by atoms with van der Waals surface area (Å²) in [5, 5.41) is 6.28. The summed E-state index contributed by atoms with van der Waals surface area (Å²) >= 11 is 0. The van der Waals surface area contributed by atoms with E-state index in [1.54, 1.807) is 7.05 Å². The molecule has 0 saturated carbocycles. The van der Waals surface area contributed by atoms with E-state index in [1.165, 1.54) is 38.5 Å². The van der Waals surface area contributed by atoms with Crippen LogP contribution in [0.5, 0.6) is 0 Å². The van der Waals surface area contributed by atoms with Crippen molar-refractivity contribution in [3.8, 4) is 0 Å². The van der Waals surface area contributed by atoms with E-state index < -0.39 is 9.84 Å². The molecule has 1 aliphatic rings. The van der Waals surface area contributed by atoms with Gasteiger partial charge in [-0.15, -0.1) is 0 Å². The minimum Gasteiger partial charge on any atom is -0.355 e. The Kier molecular flexibility index (Phi) is 8.03. The largest absolute Gasteiger partial charge is 0.355 e. The second-order valence-electron chi connectivity index (χ2n) is 5.65. The minimum atomic E-state index is -2.93. The van der Waals surface area contributed by atoms with Gasteiger partial charge in [0.15, 0.2) is 5.96 Å². The van der Waals surface area contributed by atoms with Crippen LogP contribution in [-0.2, 0) is 9.84 Å². The summed E-state index contributed by atoms with van der Waals surface area (Å²) in [6.07, 6.45) is 6.39. The van der Waals surface area contributed by atoms with Crippen molar-refractivity contribution in [2.45, 2.75) is 38.6 Å². The molecule has 0 aromatic rings. The van der Waals surface area contributed by atoms with E-state index in [9.17, 15) is 8.42 Å². The van der Waals surface area contributed by atoms with Crippen LogP contribution >= 0.6 is 0 Å². The van der Waals surface area contributed by atoms with Crippen LogP contribution in [0.15, 0.2) is 4.99 Å². The van der Waals surface area contributed by atoms with Gasteiger partial charge in [0.1, 0.15) is 9.84 Å². The average molecular weight is 318 g/mol. The fourth-order valence-electron chi connectivity index (χ4n) is 2.71. The highest BCUT2D eigenvalue weighted by molar-refractivity contribution is 7.90. The summed E-state index contributed by atoms with van der Waals surface area (Å²) in [7, 11) is -1.23. The Morgan fingerprint density at radius 2 is 2.00 bits per heavy atom. The fraction of sp³-hybridized carbons (Fsp3) is 0.929. The monoisotopic (exact) mass is 318 g/mol. The van der Waals surface area contributed by atoms with Crippen molar-refractivity contribution in [2.24, 2.45) is 4.99 Å². The second kappa shape index (κ2) is 9.25. The summed E-state index contributed by atoms with van der Waals surface area (Å²) in [6, 6.07) is 0.709. The molecule has 1 unspecified atom stereocenters. The Bertz CT molecular complexity index is 423. The van der Waals surface area contributed by atoms with Crippen molar-refractivity contribution < 1.29 is 8.42 Å². The molecule has 1 atom stereocenters. The number of hydrogen-bond donors (Lipinski definition) is 2. The first-order valence-electron chi connectivity index (χ1n) is 7.82. The standard InChI is InChI=1S/C14H30N4O2S/c1-4-13-7-5-6-10-18(13)11-8-16-14(15-2)17-9-12-21(3,19)20/h13H,4-12H2,1-3H3,(H2,15,16,17). The van der Waals surface area contributed by atoms with Crippen LogP contribution in [0.3, 0.4) is 0 Å². The van der Waals surface area contributed by atoms with Crippen LogP contribution in [0.1, 0.15) is 32.6 Å². The molecule has 124 valence electrons. The molecule has 0 aromatic carbocycles. The molecule has 6 nitrogen and oxygen atoms in total. The first-order valence-corrected chi connectivity index (χ1v) is 9.88. The Balaban J connectivity index is 2.25. The van der Waals surface area contributed by atoms with Crippen LogP contribution in [0.4, 0.5) is 0 Å². The van der Waals surface area contributed by atoms with Gasteiger partial charge in [0.25, 0.3) is 0 Å². The molecule has 1 heterocycles. The molecule has 0 aromatic heterocycles. The molecular formula is C14H30N4O2S. The lowest BCUT2D eigenvalue weighted by atomic mass is 10.0. The summed E-state index contributed by atoms with van der Waals surface area (Å²) in [5.41, 5.74) is 0. The van der Waals surface area contributed by atoms with Crippen molar-refractivity contribution in [2.75, 3.05) is 45.2 Å². The number of nitrogens with zero attached hydrogens (tertiary/aromatic N) is 2. The number of aliphatic imine (C=N–C) groups is 1. The summed E-state index contributed by atoms with van der Waals surface area (Å²) in [5.74, 6) is 0.793. The average Bonchev–Trinajstić information content (AvgIpc) is 2.45. The Morgan fingerprint density at radius 3 is 2.62 bits per heavy atom. The highest BCUT2D eigenvalue weighted by Crippen LogP contribution is 2.18. The van der Waals surface area contributed by atoms with Gasteiger partial charge in [0.05, 0.1) is 5.75 Å².